The van der Waals surface area contributed by atoms with Crippen LogP contribution < -0.4 is 18.9 Å². The van der Waals surface area contributed by atoms with Gasteiger partial charge in [-0.05, 0) is 350 Å². The van der Waals surface area contributed by atoms with Crippen molar-refractivity contribution in [1.82, 2.24) is 44.1 Å². The van der Waals surface area contributed by atoms with Gasteiger partial charge in [0.05, 0.1) is 35.6 Å². The lowest BCUT2D eigenvalue weighted by Crippen LogP contribution is -2.52. The number of piperidine rings is 7. The molecule has 0 unspecified atom stereocenters. The standard InChI is InChI=1S/2C28H34BrClN3O3.C28H32BrClN3O3.C27H31BrClN4O3/c3*1-18(34)31-10-6-19(7-11-31)14-26(35)32-12-8-20(9-13-32)27-25-5-4-24(30)16-21(25)2-3-22-15-23(29)17-33(36)28(22)27;1-18(34)30-8-6-19(7-9-30)14-25(35)31-10-12-32(13-11-31)27-24-5-4-23(29)16-20(24)2-3-21-15-22(28)17-33(36)26(21)27/h2*4-5,15-17,19-20,27,36H,2-3,6-14H2,1H3;2-5,15-17,19-20,27,36H,6-14H2,1H3;2-5,15-17,19,27,36H,6-14H2,1H3/q4*+1/t4*27-/m1010/s1. The van der Waals surface area contributed by atoms with Gasteiger partial charge >= 0.3 is 0 Å². The summed E-state index contributed by atoms with van der Waals surface area (Å²) < 4.78 is 8.40. The Hall–Kier alpha value is -9.04. The van der Waals surface area contributed by atoms with Gasteiger partial charge in [-0.15, -0.1) is 0 Å². The number of aryl methyl sites for hydroxylation is 4. The summed E-state index contributed by atoms with van der Waals surface area (Å²) in [6.07, 6.45) is 33.3. The summed E-state index contributed by atoms with van der Waals surface area (Å²) in [6, 6.07) is 32.3. The smallest absolute Gasteiger partial charge is 0.262 e. The van der Waals surface area contributed by atoms with Crippen molar-refractivity contribution in [2.75, 3.05) is 118 Å². The molecule has 764 valence electrons. The fourth-order valence-corrected chi connectivity index (χ4v) is 27.3. The van der Waals surface area contributed by atoms with Crippen molar-refractivity contribution in [3.63, 3.8) is 0 Å². The summed E-state index contributed by atoms with van der Waals surface area (Å²) in [5.41, 5.74) is 17.1. The van der Waals surface area contributed by atoms with Crippen LogP contribution in [0, 0.1) is 41.4 Å². The number of aromatic nitrogens is 4. The summed E-state index contributed by atoms with van der Waals surface area (Å²) >= 11 is 39.4. The Bertz CT molecular complexity index is 5690. The third kappa shape index (κ3) is 25.2. The van der Waals surface area contributed by atoms with Crippen molar-refractivity contribution < 1.29 is 78.1 Å². The number of hydrogen-bond acceptors (Lipinski definition) is 13. The zero-order valence-electron chi connectivity index (χ0n) is 82.4. The molecule has 4 aromatic heterocycles. The summed E-state index contributed by atoms with van der Waals surface area (Å²) in [6.45, 7) is 19.6. The first-order chi connectivity index (χ1) is 69.2. The van der Waals surface area contributed by atoms with Crippen LogP contribution in [0.25, 0.3) is 24.3 Å². The number of carbonyl (C=O) groups is 8. The lowest BCUT2D eigenvalue weighted by Gasteiger charge is -2.39. The summed E-state index contributed by atoms with van der Waals surface area (Å²) in [5, 5.41) is 46.7. The minimum atomic E-state index is -0.173. The second kappa shape index (κ2) is 47.6. The zero-order valence-corrected chi connectivity index (χ0v) is 91.8. The molecule has 0 saturated carbocycles. The zero-order chi connectivity index (χ0) is 102. The van der Waals surface area contributed by atoms with E-state index in [1.165, 1.54) is 41.2 Å². The number of benzene rings is 4. The Kier molecular flexibility index (Phi) is 35.2. The average Bonchev–Trinajstić information content (AvgIpc) is 1.68. The molecule has 8 aliphatic heterocycles. The molecule has 4 aromatic carbocycles. The molecule has 4 N–H and O–H groups in total. The van der Waals surface area contributed by atoms with Gasteiger partial charge in [0, 0.05) is 232 Å². The number of rotatable bonds is 12. The molecule has 8 saturated heterocycles. The highest BCUT2D eigenvalue weighted by Gasteiger charge is 2.47. The molecule has 144 heavy (non-hydrogen) atoms. The lowest BCUT2D eigenvalue weighted by molar-refractivity contribution is -0.911. The molecular formula is C111H131Br4Cl4N13O12+4. The maximum atomic E-state index is 13.1. The normalized spacial score (nSPS) is 20.8. The summed E-state index contributed by atoms with van der Waals surface area (Å²) in [4.78, 5) is 117. The van der Waals surface area contributed by atoms with Crippen molar-refractivity contribution in [3.8, 4) is 0 Å². The first-order valence-corrected chi connectivity index (χ1v) is 56.0. The summed E-state index contributed by atoms with van der Waals surface area (Å²) in [7, 11) is 0. The van der Waals surface area contributed by atoms with E-state index in [9.17, 15) is 59.2 Å². The average molecular weight is 2300 g/mol. The largest absolute Gasteiger partial charge is 0.343 e. The first-order valence-electron chi connectivity index (χ1n) is 51.3. The maximum absolute atomic E-state index is 13.1. The number of fused-ring (bicyclic) bond motifs is 8. The highest BCUT2D eigenvalue weighted by molar-refractivity contribution is 9.11. The van der Waals surface area contributed by atoms with Crippen LogP contribution >= 0.6 is 110 Å². The molecular weight excluding hydrogens is 2170 g/mol. The Morgan fingerprint density at radius 2 is 0.542 bits per heavy atom. The molecule has 4 aliphatic carbocycles. The van der Waals surface area contributed by atoms with Gasteiger partial charge in [-0.25, -0.2) is 0 Å². The predicted octanol–water partition coefficient (Wildman–Crippen LogP) is 18.6. The van der Waals surface area contributed by atoms with E-state index in [2.05, 4.69) is 117 Å². The highest BCUT2D eigenvalue weighted by atomic mass is 79.9. The molecule has 0 spiro atoms. The number of amides is 8. The van der Waals surface area contributed by atoms with Crippen LogP contribution in [-0.4, -0.2) is 230 Å². The number of halogens is 8. The fourth-order valence-electron chi connectivity index (χ4n) is 24.7. The minimum Gasteiger partial charge on any atom is -0.343 e. The monoisotopic (exact) mass is 2290 g/mol. The van der Waals surface area contributed by atoms with E-state index >= 15 is 0 Å². The quantitative estimate of drug-likeness (QED) is 0.0656. The van der Waals surface area contributed by atoms with Crippen LogP contribution in [-0.2, 0) is 64.0 Å². The molecule has 8 aromatic rings. The second-order valence-electron chi connectivity index (χ2n) is 41.4. The van der Waals surface area contributed by atoms with Crippen LogP contribution in [0.1, 0.15) is 257 Å². The van der Waals surface area contributed by atoms with Crippen LogP contribution in [0.2, 0.25) is 20.1 Å². The molecule has 8 fully saturated rings. The highest BCUT2D eigenvalue weighted by Crippen LogP contribution is 2.49. The maximum Gasteiger partial charge on any atom is 0.262 e. The van der Waals surface area contributed by atoms with E-state index in [-0.39, 0.29) is 77.0 Å². The van der Waals surface area contributed by atoms with Crippen molar-refractivity contribution >= 4 is 182 Å². The fraction of sp³-hybridized carbons (Fsp3) is 0.495. The van der Waals surface area contributed by atoms with E-state index < -0.39 is 0 Å². The van der Waals surface area contributed by atoms with E-state index in [0.717, 1.165) is 302 Å². The van der Waals surface area contributed by atoms with E-state index in [1.54, 1.807) is 52.5 Å². The molecule has 12 aliphatic rings. The van der Waals surface area contributed by atoms with Crippen molar-refractivity contribution in [1.29, 1.82) is 0 Å². The van der Waals surface area contributed by atoms with Gasteiger partial charge in [-0.2, -0.15) is 0 Å². The topological polar surface area (TPSA) is 262 Å². The number of nitrogens with zero attached hydrogens (tertiary/aromatic N) is 13. The number of carbonyl (C=O) groups excluding carboxylic acids is 8. The van der Waals surface area contributed by atoms with Gasteiger partial charge in [0.2, 0.25) is 89.1 Å². The van der Waals surface area contributed by atoms with Crippen molar-refractivity contribution in [3.05, 3.63) is 249 Å². The Balaban J connectivity index is 0.000000132. The molecule has 25 nitrogen and oxygen atoms in total. The second-order valence-corrected chi connectivity index (χ2v) is 46.8. The molecule has 12 heterocycles. The van der Waals surface area contributed by atoms with E-state index in [0.29, 0.717) is 97.4 Å². The molecule has 33 heteroatoms. The Labute approximate surface area is 897 Å². The molecule has 4 atom stereocenters. The van der Waals surface area contributed by atoms with Gasteiger partial charge < -0.3 is 39.2 Å². The van der Waals surface area contributed by atoms with Crippen LogP contribution in [0.4, 0.5) is 0 Å². The van der Waals surface area contributed by atoms with Gasteiger partial charge in [0.1, 0.15) is 6.04 Å². The SMILES string of the molecule is CC(=O)N1CCC(CC(=O)N2CCC([C@@H]3c4ccc(Cl)cc4C=Cc4cc(Br)c[n+](O)c43)CC2)CC1.CC(=O)N1CCC(CC(=O)N2CCC([C@@H]3c4ccc(Cl)cc4CCc4cc(Br)c[n+](O)c43)CC2)CC1.CC(=O)N1CCC(CC(=O)N2CCC([C@H]3c4ccc(Cl)cc4CCc4cc(Br)c[n+](O)c43)CC2)CC1.CC(=O)N1CCC(CC(=O)N2CCN([C@H]3c4ccc(Cl)cc4C=Cc4cc(Br)c[n+](O)c43)CC2)CC1. The third-order valence-electron chi connectivity index (χ3n) is 32.6. The molecule has 8 amide bonds. The molecule has 0 radical (unpaired) electrons. The first kappa shape index (κ1) is 106. The van der Waals surface area contributed by atoms with Crippen molar-refractivity contribution in [2.24, 2.45) is 41.4 Å². The lowest BCUT2D eigenvalue weighted by atomic mass is 9.76. The van der Waals surface area contributed by atoms with Gasteiger partial charge in [0.15, 0.2) is 0 Å². The third-order valence-corrected chi connectivity index (χ3v) is 35.3. The van der Waals surface area contributed by atoms with E-state index in [4.69, 9.17) is 46.4 Å². The summed E-state index contributed by atoms with van der Waals surface area (Å²) in [5.74, 6) is 3.87. The molecule has 20 rings (SSSR count). The van der Waals surface area contributed by atoms with Crippen LogP contribution in [0.3, 0.4) is 0 Å². The Morgan fingerprint density at radius 3 is 0.882 bits per heavy atom. The van der Waals surface area contributed by atoms with Gasteiger partial charge in [-0.3, -0.25) is 64.1 Å². The van der Waals surface area contributed by atoms with Gasteiger partial charge in [-0.1, -0.05) is 82.8 Å². The van der Waals surface area contributed by atoms with Gasteiger partial charge in [0.25, 0.3) is 5.69 Å². The number of hydrogen-bond donors (Lipinski definition) is 4. The molecule has 0 bridgehead atoms. The van der Waals surface area contributed by atoms with E-state index in [1.807, 2.05) is 112 Å². The van der Waals surface area contributed by atoms with Crippen LogP contribution in [0.15, 0.2) is 140 Å². The number of piperazine rings is 1. The van der Waals surface area contributed by atoms with Crippen LogP contribution in [0.5, 0.6) is 0 Å². The minimum absolute atomic E-state index is 0.00599. The predicted molar refractivity (Wildman–Crippen MR) is 566 cm³/mol. The number of pyridine rings is 4. The number of likely N-dealkylation sites (tertiary alicyclic amines) is 7. The Morgan fingerprint density at radius 1 is 0.285 bits per heavy atom. The van der Waals surface area contributed by atoms with Crippen molar-refractivity contribution in [2.45, 2.75) is 193 Å².